The maximum atomic E-state index is 12.6. The molecule has 2 aromatic rings. The second-order valence-corrected chi connectivity index (χ2v) is 7.81. The number of urea groups is 1. The van der Waals surface area contributed by atoms with E-state index in [1.165, 1.54) is 0 Å². The number of carbonyl (C=O) groups is 2. The SMILES string of the molecule is CC(C)CN(CCP)C(=O)N[C@@H](Cc1ccc(-c2ccccc2)cc1)C(=O)O. The third-order valence-electron chi connectivity index (χ3n) is 4.37. The molecule has 1 unspecified atom stereocenters. The second kappa shape index (κ2) is 10.8. The predicted molar refractivity (Wildman–Crippen MR) is 117 cm³/mol. The van der Waals surface area contributed by atoms with Crippen LogP contribution in [0.25, 0.3) is 11.1 Å². The number of carboxylic acid groups (broad SMARTS) is 1. The fourth-order valence-corrected chi connectivity index (χ4v) is 3.32. The molecule has 0 fully saturated rings. The summed E-state index contributed by atoms with van der Waals surface area (Å²) in [6, 6.07) is 16.5. The molecule has 0 spiro atoms. The van der Waals surface area contributed by atoms with Crippen LogP contribution < -0.4 is 5.32 Å². The molecule has 0 aliphatic heterocycles. The molecule has 0 heterocycles. The van der Waals surface area contributed by atoms with Gasteiger partial charge in [-0.15, -0.1) is 9.24 Å². The Morgan fingerprint density at radius 1 is 1.04 bits per heavy atom. The molecule has 150 valence electrons. The molecule has 0 aliphatic carbocycles. The highest BCUT2D eigenvalue weighted by molar-refractivity contribution is 7.16. The minimum atomic E-state index is -1.03. The zero-order valence-corrected chi connectivity index (χ0v) is 17.6. The first-order chi connectivity index (χ1) is 13.4. The smallest absolute Gasteiger partial charge is 0.326 e. The summed E-state index contributed by atoms with van der Waals surface area (Å²) >= 11 is 0. The van der Waals surface area contributed by atoms with Crippen molar-refractivity contribution in [2.45, 2.75) is 26.3 Å². The van der Waals surface area contributed by atoms with E-state index in [-0.39, 0.29) is 12.5 Å². The molecule has 0 radical (unpaired) electrons. The van der Waals surface area contributed by atoms with E-state index in [2.05, 4.69) is 14.6 Å². The highest BCUT2D eigenvalue weighted by Gasteiger charge is 2.23. The van der Waals surface area contributed by atoms with Gasteiger partial charge in [-0.2, -0.15) is 0 Å². The van der Waals surface area contributed by atoms with Crippen molar-refractivity contribution in [1.82, 2.24) is 10.2 Å². The van der Waals surface area contributed by atoms with Crippen molar-refractivity contribution in [3.8, 4) is 11.1 Å². The Hall–Kier alpha value is -2.39. The maximum absolute atomic E-state index is 12.6. The number of nitrogens with one attached hydrogen (secondary N) is 1. The Kier molecular flexibility index (Phi) is 8.46. The largest absolute Gasteiger partial charge is 0.480 e. The van der Waals surface area contributed by atoms with Crippen LogP contribution in [0.15, 0.2) is 54.6 Å². The number of hydrogen-bond acceptors (Lipinski definition) is 2. The highest BCUT2D eigenvalue weighted by atomic mass is 31.0. The van der Waals surface area contributed by atoms with Crippen LogP contribution in [0, 0.1) is 5.92 Å². The highest BCUT2D eigenvalue weighted by Crippen LogP contribution is 2.19. The lowest BCUT2D eigenvalue weighted by Crippen LogP contribution is -2.50. The Morgan fingerprint density at radius 3 is 2.18 bits per heavy atom. The van der Waals surface area contributed by atoms with Crippen LogP contribution in [0.1, 0.15) is 19.4 Å². The number of benzene rings is 2. The number of aliphatic carboxylic acids is 1. The van der Waals surface area contributed by atoms with Crippen molar-refractivity contribution >= 4 is 21.2 Å². The molecule has 0 saturated heterocycles. The van der Waals surface area contributed by atoms with E-state index in [4.69, 9.17) is 0 Å². The number of hydrogen-bond donors (Lipinski definition) is 2. The number of carboxylic acids is 1. The van der Waals surface area contributed by atoms with Gasteiger partial charge in [0, 0.05) is 19.5 Å². The first-order valence-electron chi connectivity index (χ1n) is 9.53. The van der Waals surface area contributed by atoms with Gasteiger partial charge in [0.1, 0.15) is 6.04 Å². The van der Waals surface area contributed by atoms with Crippen molar-refractivity contribution in [3.63, 3.8) is 0 Å². The van der Waals surface area contributed by atoms with Gasteiger partial charge in [0.15, 0.2) is 0 Å². The zero-order valence-electron chi connectivity index (χ0n) is 16.5. The van der Waals surface area contributed by atoms with Crippen molar-refractivity contribution < 1.29 is 14.7 Å². The zero-order chi connectivity index (χ0) is 20.5. The van der Waals surface area contributed by atoms with Crippen LogP contribution in [0.2, 0.25) is 0 Å². The molecule has 5 nitrogen and oxygen atoms in total. The van der Waals surface area contributed by atoms with Gasteiger partial charge in [0.2, 0.25) is 0 Å². The van der Waals surface area contributed by atoms with Crippen molar-refractivity contribution in [3.05, 3.63) is 60.2 Å². The first-order valence-corrected chi connectivity index (χ1v) is 10.3. The summed E-state index contributed by atoms with van der Waals surface area (Å²) in [5.41, 5.74) is 3.05. The lowest BCUT2D eigenvalue weighted by atomic mass is 10.0. The van der Waals surface area contributed by atoms with E-state index in [0.717, 1.165) is 22.9 Å². The van der Waals surface area contributed by atoms with Crippen LogP contribution in [-0.2, 0) is 11.2 Å². The standard InChI is InChI=1S/C22H29N2O3P/c1-16(2)15-24(12-13-28)22(27)23-20(21(25)26)14-17-8-10-19(11-9-17)18-6-4-3-5-7-18/h3-11,16,20H,12-15,28H2,1-2H3,(H,23,27)(H,25,26)/t20-/m0/s1. The summed E-state index contributed by atoms with van der Waals surface area (Å²) in [7, 11) is 2.60. The third kappa shape index (κ3) is 6.65. The lowest BCUT2D eigenvalue weighted by Gasteiger charge is -2.26. The van der Waals surface area contributed by atoms with Crippen LogP contribution >= 0.6 is 9.24 Å². The maximum Gasteiger partial charge on any atom is 0.326 e. The van der Waals surface area contributed by atoms with Crippen LogP contribution in [0.3, 0.4) is 0 Å². The molecule has 2 rings (SSSR count). The average Bonchev–Trinajstić information content (AvgIpc) is 2.68. The predicted octanol–water partition coefficient (Wildman–Crippen LogP) is 3.89. The molecule has 2 atom stereocenters. The minimum absolute atomic E-state index is 0.243. The molecular formula is C22H29N2O3P. The average molecular weight is 400 g/mol. The molecule has 0 aromatic heterocycles. The van der Waals surface area contributed by atoms with Crippen LogP contribution in [0.4, 0.5) is 4.79 Å². The Bertz CT molecular complexity index is 763. The topological polar surface area (TPSA) is 69.6 Å². The van der Waals surface area contributed by atoms with E-state index in [1.807, 2.05) is 68.4 Å². The molecule has 2 amide bonds. The summed E-state index contributed by atoms with van der Waals surface area (Å²) < 4.78 is 0. The Balaban J connectivity index is 2.06. The molecule has 2 N–H and O–H groups in total. The molecule has 0 saturated carbocycles. The van der Waals surface area contributed by atoms with E-state index in [9.17, 15) is 14.7 Å². The number of carbonyl (C=O) groups excluding carboxylic acids is 1. The van der Waals surface area contributed by atoms with Gasteiger partial charge in [-0.25, -0.2) is 9.59 Å². The van der Waals surface area contributed by atoms with Gasteiger partial charge in [-0.3, -0.25) is 0 Å². The second-order valence-electron chi connectivity index (χ2n) is 7.24. The van der Waals surface area contributed by atoms with Crippen molar-refractivity contribution in [2.75, 3.05) is 19.3 Å². The van der Waals surface area contributed by atoms with Crippen LogP contribution in [-0.4, -0.2) is 47.3 Å². The van der Waals surface area contributed by atoms with E-state index >= 15 is 0 Å². The minimum Gasteiger partial charge on any atom is -0.480 e. The summed E-state index contributed by atoms with van der Waals surface area (Å²) in [5, 5.41) is 12.3. The van der Waals surface area contributed by atoms with E-state index in [0.29, 0.717) is 19.0 Å². The fraction of sp³-hybridized carbons (Fsp3) is 0.364. The molecule has 0 aliphatic rings. The van der Waals surface area contributed by atoms with Crippen molar-refractivity contribution in [2.24, 2.45) is 5.92 Å². The van der Waals surface area contributed by atoms with Gasteiger partial charge in [-0.1, -0.05) is 68.4 Å². The van der Waals surface area contributed by atoms with Gasteiger partial charge < -0.3 is 15.3 Å². The molecule has 28 heavy (non-hydrogen) atoms. The molecule has 6 heteroatoms. The molecule has 2 aromatic carbocycles. The number of amides is 2. The van der Waals surface area contributed by atoms with Crippen molar-refractivity contribution in [1.29, 1.82) is 0 Å². The molecular weight excluding hydrogens is 371 g/mol. The van der Waals surface area contributed by atoms with Crippen LogP contribution in [0.5, 0.6) is 0 Å². The Morgan fingerprint density at radius 2 is 1.64 bits per heavy atom. The normalized spacial score (nSPS) is 11.9. The quantitative estimate of drug-likeness (QED) is 0.628. The van der Waals surface area contributed by atoms with E-state index < -0.39 is 12.0 Å². The Labute approximate surface area is 169 Å². The number of rotatable bonds is 9. The molecule has 0 bridgehead atoms. The fourth-order valence-electron chi connectivity index (χ4n) is 3.01. The lowest BCUT2D eigenvalue weighted by molar-refractivity contribution is -0.139. The van der Waals surface area contributed by atoms with Gasteiger partial charge in [0.25, 0.3) is 0 Å². The first kappa shape index (κ1) is 21.9. The summed E-state index contributed by atoms with van der Waals surface area (Å²) in [5.74, 6) is -0.716. The third-order valence-corrected chi connectivity index (χ3v) is 4.63. The summed E-state index contributed by atoms with van der Waals surface area (Å²) in [6.07, 6.45) is 0.991. The van der Waals surface area contributed by atoms with Gasteiger partial charge in [-0.05, 0) is 28.8 Å². The monoisotopic (exact) mass is 400 g/mol. The van der Waals surface area contributed by atoms with Gasteiger partial charge in [0.05, 0.1) is 0 Å². The summed E-state index contributed by atoms with van der Waals surface area (Å²) in [4.78, 5) is 25.9. The summed E-state index contributed by atoms with van der Waals surface area (Å²) in [6.45, 7) is 5.24. The van der Waals surface area contributed by atoms with Gasteiger partial charge >= 0.3 is 12.0 Å². The number of nitrogens with zero attached hydrogens (tertiary/aromatic N) is 1. The van der Waals surface area contributed by atoms with E-state index in [1.54, 1.807) is 4.90 Å².